The number of nitrogens with two attached hydrogens (primary N) is 3. The highest BCUT2D eigenvalue weighted by atomic mass is 15.0. The number of hydrogen-bond donors (Lipinski definition) is 3. The largest absolute Gasteiger partial charge is 0.326 e. The summed E-state index contributed by atoms with van der Waals surface area (Å²) in [5.41, 5.74) is 19.3. The first kappa shape index (κ1) is 11.0. The lowest BCUT2D eigenvalue weighted by Gasteiger charge is -2.46. The number of fused-ring (bicyclic) bond motifs is 5. The smallest absolute Gasteiger partial charge is 0.0261 e. The molecule has 3 aliphatic rings. The Labute approximate surface area is 98.1 Å². The first-order valence-corrected chi connectivity index (χ1v) is 6.78. The molecule has 3 heteroatoms. The van der Waals surface area contributed by atoms with Crippen LogP contribution in [0.4, 0.5) is 0 Å². The van der Waals surface area contributed by atoms with E-state index in [0.29, 0.717) is 29.6 Å². The van der Waals surface area contributed by atoms with Gasteiger partial charge in [-0.1, -0.05) is 13.8 Å². The fourth-order valence-corrected chi connectivity index (χ4v) is 5.31. The molecule has 7 atom stereocenters. The van der Waals surface area contributed by atoms with Gasteiger partial charge in [-0.2, -0.15) is 0 Å². The Morgan fingerprint density at radius 2 is 1.75 bits per heavy atom. The van der Waals surface area contributed by atoms with E-state index < -0.39 is 0 Å². The lowest BCUT2D eigenvalue weighted by atomic mass is 9.66. The van der Waals surface area contributed by atoms with Crippen LogP contribution in [0.2, 0.25) is 0 Å². The summed E-state index contributed by atoms with van der Waals surface area (Å²) in [6.45, 7) is 4.61. The predicted molar refractivity (Wildman–Crippen MR) is 65.5 cm³/mol. The molecule has 0 aromatic carbocycles. The predicted octanol–water partition coefficient (Wildman–Crippen LogP) is 0.670. The third-order valence-electron chi connectivity index (χ3n) is 5.97. The van der Waals surface area contributed by atoms with Crippen LogP contribution in [-0.2, 0) is 0 Å². The van der Waals surface area contributed by atoms with Gasteiger partial charge in [0.15, 0.2) is 0 Å². The zero-order chi connectivity index (χ0) is 11.7. The van der Waals surface area contributed by atoms with Crippen LogP contribution >= 0.6 is 0 Å². The Hall–Kier alpha value is -0.120. The normalized spacial score (nSPS) is 59.6. The van der Waals surface area contributed by atoms with Crippen LogP contribution in [0.1, 0.15) is 33.1 Å². The summed E-state index contributed by atoms with van der Waals surface area (Å²) in [6, 6.07) is 0.350. The minimum Gasteiger partial charge on any atom is -0.326 e. The van der Waals surface area contributed by atoms with Gasteiger partial charge in [0.2, 0.25) is 0 Å². The van der Waals surface area contributed by atoms with Gasteiger partial charge >= 0.3 is 0 Å². The van der Waals surface area contributed by atoms with Crippen molar-refractivity contribution in [3.05, 3.63) is 0 Å². The molecule has 0 spiro atoms. The Morgan fingerprint density at radius 3 is 2.38 bits per heavy atom. The molecule has 3 saturated carbocycles. The molecule has 3 nitrogen and oxygen atoms in total. The van der Waals surface area contributed by atoms with Gasteiger partial charge in [-0.25, -0.2) is 0 Å². The van der Waals surface area contributed by atoms with Crippen molar-refractivity contribution in [1.29, 1.82) is 0 Å². The van der Waals surface area contributed by atoms with E-state index in [1.807, 2.05) is 0 Å². The second-order valence-corrected chi connectivity index (χ2v) is 6.70. The van der Waals surface area contributed by atoms with Gasteiger partial charge in [-0.3, -0.25) is 0 Å². The Bertz CT molecular complexity index is 304. The van der Waals surface area contributed by atoms with Crippen molar-refractivity contribution in [1.82, 2.24) is 0 Å². The van der Waals surface area contributed by atoms with Crippen molar-refractivity contribution < 1.29 is 0 Å². The van der Waals surface area contributed by atoms with E-state index in [4.69, 9.17) is 17.2 Å². The first-order chi connectivity index (χ1) is 7.48. The van der Waals surface area contributed by atoms with Gasteiger partial charge < -0.3 is 17.2 Å². The van der Waals surface area contributed by atoms with E-state index in [-0.39, 0.29) is 17.6 Å². The summed E-state index contributed by atoms with van der Waals surface area (Å²) < 4.78 is 0. The molecule has 16 heavy (non-hydrogen) atoms. The monoisotopic (exact) mass is 223 g/mol. The van der Waals surface area contributed by atoms with E-state index in [0.717, 1.165) is 0 Å². The molecule has 0 radical (unpaired) electrons. The average Bonchev–Trinajstić information content (AvgIpc) is 2.76. The number of rotatable bonds is 1. The molecular weight excluding hydrogens is 198 g/mol. The SMILES string of the molecule is CC(C)[C@@H]1CCC2C3CC(C(N)C3N)[C@]21N. The summed E-state index contributed by atoms with van der Waals surface area (Å²) in [4.78, 5) is 0. The van der Waals surface area contributed by atoms with Crippen LogP contribution in [0.3, 0.4) is 0 Å². The Morgan fingerprint density at radius 1 is 1.06 bits per heavy atom. The molecule has 0 aromatic heterocycles. The maximum atomic E-state index is 6.81. The molecule has 0 aliphatic heterocycles. The quantitative estimate of drug-likeness (QED) is 0.611. The molecule has 0 aromatic rings. The molecule has 3 fully saturated rings. The molecule has 0 heterocycles. The summed E-state index contributed by atoms with van der Waals surface area (Å²) in [5.74, 6) is 3.07. The third kappa shape index (κ3) is 1.05. The van der Waals surface area contributed by atoms with Gasteiger partial charge in [0.25, 0.3) is 0 Å². The van der Waals surface area contributed by atoms with Crippen LogP contribution in [0.25, 0.3) is 0 Å². The van der Waals surface area contributed by atoms with Crippen molar-refractivity contribution in [2.75, 3.05) is 0 Å². The van der Waals surface area contributed by atoms with Crippen molar-refractivity contribution >= 4 is 0 Å². The molecule has 92 valence electrons. The minimum absolute atomic E-state index is 0.00806. The van der Waals surface area contributed by atoms with E-state index in [1.165, 1.54) is 19.3 Å². The molecular formula is C13H25N3. The number of hydrogen-bond acceptors (Lipinski definition) is 3. The van der Waals surface area contributed by atoms with Gasteiger partial charge in [-0.05, 0) is 48.9 Å². The molecule has 6 N–H and O–H groups in total. The lowest BCUT2D eigenvalue weighted by molar-refractivity contribution is 0.107. The Balaban J connectivity index is 1.97. The van der Waals surface area contributed by atoms with E-state index >= 15 is 0 Å². The third-order valence-corrected chi connectivity index (χ3v) is 5.97. The van der Waals surface area contributed by atoms with Crippen LogP contribution in [-0.4, -0.2) is 17.6 Å². The van der Waals surface area contributed by atoms with Gasteiger partial charge in [-0.15, -0.1) is 0 Å². The highest BCUT2D eigenvalue weighted by Crippen LogP contribution is 2.62. The van der Waals surface area contributed by atoms with Crippen molar-refractivity contribution in [3.8, 4) is 0 Å². The zero-order valence-corrected chi connectivity index (χ0v) is 10.4. The standard InChI is InChI=1S/C13H25N3/c1-6(2)8-3-4-9-7-5-10(13(8,9)16)12(15)11(7)14/h6-12H,3-5,14-16H2,1-2H3/t7?,8-,9?,10?,11?,12?,13+/m0/s1. The maximum Gasteiger partial charge on any atom is 0.0261 e. The van der Waals surface area contributed by atoms with Gasteiger partial charge in [0.1, 0.15) is 0 Å². The van der Waals surface area contributed by atoms with Crippen LogP contribution in [0, 0.1) is 29.6 Å². The fourth-order valence-electron chi connectivity index (χ4n) is 5.31. The lowest BCUT2D eigenvalue weighted by Crippen LogP contribution is -2.64. The summed E-state index contributed by atoms with van der Waals surface area (Å²) >= 11 is 0. The van der Waals surface area contributed by atoms with E-state index in [9.17, 15) is 0 Å². The average molecular weight is 223 g/mol. The first-order valence-electron chi connectivity index (χ1n) is 6.78. The molecule has 3 aliphatic carbocycles. The van der Waals surface area contributed by atoms with Gasteiger partial charge in [0, 0.05) is 17.6 Å². The molecule has 2 bridgehead atoms. The summed E-state index contributed by atoms with van der Waals surface area (Å²) in [5, 5.41) is 0. The molecule has 0 amide bonds. The van der Waals surface area contributed by atoms with Crippen LogP contribution in [0.15, 0.2) is 0 Å². The molecule has 5 unspecified atom stereocenters. The zero-order valence-electron chi connectivity index (χ0n) is 10.4. The van der Waals surface area contributed by atoms with Crippen molar-refractivity contribution in [2.24, 2.45) is 46.8 Å². The van der Waals surface area contributed by atoms with Gasteiger partial charge in [0.05, 0.1) is 0 Å². The molecule has 3 rings (SSSR count). The highest BCUT2D eigenvalue weighted by molar-refractivity contribution is 5.23. The topological polar surface area (TPSA) is 78.1 Å². The summed E-state index contributed by atoms with van der Waals surface area (Å²) in [6.07, 6.45) is 3.75. The summed E-state index contributed by atoms with van der Waals surface area (Å²) in [7, 11) is 0. The van der Waals surface area contributed by atoms with Crippen LogP contribution < -0.4 is 17.2 Å². The van der Waals surface area contributed by atoms with Crippen molar-refractivity contribution in [3.63, 3.8) is 0 Å². The fraction of sp³-hybridized carbons (Fsp3) is 1.00. The molecule has 0 saturated heterocycles. The van der Waals surface area contributed by atoms with Crippen LogP contribution in [0.5, 0.6) is 0 Å². The van der Waals surface area contributed by atoms with E-state index in [1.54, 1.807) is 0 Å². The minimum atomic E-state index is 0.00806. The highest BCUT2D eigenvalue weighted by Gasteiger charge is 2.67. The second-order valence-electron chi connectivity index (χ2n) is 6.70. The van der Waals surface area contributed by atoms with E-state index in [2.05, 4.69) is 13.8 Å². The Kier molecular flexibility index (Phi) is 2.21. The second kappa shape index (κ2) is 3.21. The maximum absolute atomic E-state index is 6.81. The van der Waals surface area contributed by atoms with Crippen molar-refractivity contribution in [2.45, 2.75) is 50.7 Å².